The highest BCUT2D eigenvalue weighted by Gasteiger charge is 2.53. The SMILES string of the molecule is Cn1c(C(=O)O)c([C@]2(C(N)=O)CCCC[C@H]2C(=O)NCC(=O)COCc2ccccc2)c2ccccc21. The number of benzene rings is 2. The van der Waals surface area contributed by atoms with E-state index >= 15 is 0 Å². The zero-order valence-corrected chi connectivity index (χ0v) is 20.7. The molecule has 1 saturated carbocycles. The molecule has 37 heavy (non-hydrogen) atoms. The largest absolute Gasteiger partial charge is 0.477 e. The van der Waals surface area contributed by atoms with Crippen LogP contribution in [0.4, 0.5) is 0 Å². The summed E-state index contributed by atoms with van der Waals surface area (Å²) in [4.78, 5) is 51.4. The zero-order chi connectivity index (χ0) is 26.6. The van der Waals surface area contributed by atoms with Gasteiger partial charge in [0.2, 0.25) is 11.8 Å². The minimum absolute atomic E-state index is 0.0647. The van der Waals surface area contributed by atoms with E-state index in [-0.39, 0.29) is 43.2 Å². The number of para-hydroxylation sites is 1. The molecule has 4 N–H and O–H groups in total. The Morgan fingerprint density at radius 3 is 2.49 bits per heavy atom. The van der Waals surface area contributed by atoms with Crippen molar-refractivity contribution >= 4 is 34.5 Å². The molecular weight excluding hydrogens is 474 g/mol. The van der Waals surface area contributed by atoms with E-state index in [4.69, 9.17) is 10.5 Å². The lowest BCUT2D eigenvalue weighted by atomic mass is 9.60. The lowest BCUT2D eigenvalue weighted by molar-refractivity contribution is -0.138. The predicted octanol–water partition coefficient (Wildman–Crippen LogP) is 2.69. The lowest BCUT2D eigenvalue weighted by Gasteiger charge is -2.41. The van der Waals surface area contributed by atoms with Gasteiger partial charge in [0.25, 0.3) is 0 Å². The van der Waals surface area contributed by atoms with Gasteiger partial charge in [-0.1, -0.05) is 61.4 Å². The lowest BCUT2D eigenvalue weighted by Crippen LogP contribution is -2.55. The number of carbonyl (C=O) groups is 4. The molecule has 2 atom stereocenters. The monoisotopic (exact) mass is 505 g/mol. The molecule has 2 aromatic carbocycles. The molecule has 0 bridgehead atoms. The van der Waals surface area contributed by atoms with Crippen molar-refractivity contribution in [1.82, 2.24) is 9.88 Å². The second kappa shape index (κ2) is 11.0. The van der Waals surface area contributed by atoms with E-state index in [9.17, 15) is 24.3 Å². The van der Waals surface area contributed by atoms with Gasteiger partial charge in [0.05, 0.1) is 24.5 Å². The van der Waals surface area contributed by atoms with Gasteiger partial charge < -0.3 is 25.5 Å². The standard InChI is InChI=1S/C28H31N3O6/c1-31-22-13-6-5-11-20(22)23(24(31)26(34)35)28(27(29)36)14-8-7-12-21(28)25(33)30-15-19(32)17-37-16-18-9-3-2-4-10-18/h2-6,9-11,13,21H,7-8,12,14-17H2,1H3,(H2,29,36)(H,30,33)(H,34,35)/t21-,28-/m0/s1. The fourth-order valence-corrected chi connectivity index (χ4v) is 5.56. The summed E-state index contributed by atoms with van der Waals surface area (Å²) in [6, 6.07) is 16.5. The number of ketones is 1. The van der Waals surface area contributed by atoms with Crippen molar-refractivity contribution in [1.29, 1.82) is 0 Å². The van der Waals surface area contributed by atoms with Crippen LogP contribution in [-0.2, 0) is 38.2 Å². The minimum atomic E-state index is -1.52. The molecule has 3 aromatic rings. The summed E-state index contributed by atoms with van der Waals surface area (Å²) in [6.45, 7) is -0.166. The average Bonchev–Trinajstić information content (AvgIpc) is 3.20. The number of carbonyl (C=O) groups excluding carboxylic acids is 3. The van der Waals surface area contributed by atoms with Crippen LogP contribution in [0.2, 0.25) is 0 Å². The highest BCUT2D eigenvalue weighted by Crippen LogP contribution is 2.48. The molecule has 1 aliphatic rings. The van der Waals surface area contributed by atoms with Gasteiger partial charge in [-0.25, -0.2) is 4.79 Å². The smallest absolute Gasteiger partial charge is 0.352 e. The van der Waals surface area contributed by atoms with Crippen molar-refractivity contribution in [2.45, 2.75) is 37.7 Å². The van der Waals surface area contributed by atoms with Gasteiger partial charge in [-0.15, -0.1) is 0 Å². The van der Waals surface area contributed by atoms with E-state index in [1.807, 2.05) is 30.3 Å². The first-order valence-electron chi connectivity index (χ1n) is 12.3. The number of aromatic carboxylic acids is 1. The van der Waals surface area contributed by atoms with Crippen LogP contribution in [0.25, 0.3) is 10.9 Å². The van der Waals surface area contributed by atoms with E-state index in [1.165, 1.54) is 4.57 Å². The number of primary amides is 1. The molecule has 1 heterocycles. The van der Waals surface area contributed by atoms with Gasteiger partial charge in [-0.2, -0.15) is 0 Å². The number of amides is 2. The van der Waals surface area contributed by atoms with Crippen LogP contribution < -0.4 is 11.1 Å². The molecular formula is C28H31N3O6. The maximum Gasteiger partial charge on any atom is 0.352 e. The molecule has 1 fully saturated rings. The summed E-state index contributed by atoms with van der Waals surface area (Å²) in [5, 5.41) is 13.3. The summed E-state index contributed by atoms with van der Waals surface area (Å²) >= 11 is 0. The van der Waals surface area contributed by atoms with E-state index in [0.29, 0.717) is 30.2 Å². The van der Waals surface area contributed by atoms with Crippen molar-refractivity contribution in [3.05, 3.63) is 71.4 Å². The Hall–Kier alpha value is -3.98. The van der Waals surface area contributed by atoms with Gasteiger partial charge in [0, 0.05) is 23.5 Å². The molecule has 1 aliphatic carbocycles. The maximum atomic E-state index is 13.4. The number of hydrogen-bond acceptors (Lipinski definition) is 5. The van der Waals surface area contributed by atoms with Crippen LogP contribution >= 0.6 is 0 Å². The number of ether oxygens (including phenoxy) is 1. The van der Waals surface area contributed by atoms with Crippen molar-refractivity contribution in [2.75, 3.05) is 13.2 Å². The third kappa shape index (κ3) is 4.99. The summed E-state index contributed by atoms with van der Waals surface area (Å²) < 4.78 is 6.98. The summed E-state index contributed by atoms with van der Waals surface area (Å²) in [5.41, 5.74) is 6.24. The number of Topliss-reactive ketones (excluding diaryl/α,β-unsaturated/α-hetero) is 1. The Morgan fingerprint density at radius 1 is 1.08 bits per heavy atom. The molecule has 1 aromatic heterocycles. The molecule has 0 unspecified atom stereocenters. The number of carboxylic acids is 1. The highest BCUT2D eigenvalue weighted by atomic mass is 16.5. The Bertz CT molecular complexity index is 1330. The Kier molecular flexibility index (Phi) is 7.73. The van der Waals surface area contributed by atoms with E-state index in [2.05, 4.69) is 5.32 Å². The molecule has 4 rings (SSSR count). The molecule has 194 valence electrons. The summed E-state index contributed by atoms with van der Waals surface area (Å²) in [6.07, 6.45) is 1.87. The number of aromatic nitrogens is 1. The molecule has 0 radical (unpaired) electrons. The number of rotatable bonds is 10. The second-order valence-electron chi connectivity index (χ2n) is 9.47. The van der Waals surface area contributed by atoms with E-state index in [0.717, 1.165) is 5.56 Å². The summed E-state index contributed by atoms with van der Waals surface area (Å²) in [5.74, 6) is -3.69. The fourth-order valence-electron chi connectivity index (χ4n) is 5.56. The van der Waals surface area contributed by atoms with Gasteiger partial charge >= 0.3 is 5.97 Å². The zero-order valence-electron chi connectivity index (χ0n) is 20.7. The number of nitrogens with zero attached hydrogens (tertiary/aromatic N) is 1. The quantitative estimate of drug-likeness (QED) is 0.387. The van der Waals surface area contributed by atoms with Gasteiger partial charge in [0.15, 0.2) is 5.78 Å². The van der Waals surface area contributed by atoms with Crippen molar-refractivity contribution in [3.63, 3.8) is 0 Å². The van der Waals surface area contributed by atoms with Gasteiger partial charge in [-0.05, 0) is 24.5 Å². The molecule has 0 spiro atoms. The Balaban J connectivity index is 1.58. The first-order chi connectivity index (χ1) is 17.8. The summed E-state index contributed by atoms with van der Waals surface area (Å²) in [7, 11) is 1.62. The number of hydrogen-bond donors (Lipinski definition) is 3. The van der Waals surface area contributed by atoms with Crippen LogP contribution in [0.5, 0.6) is 0 Å². The second-order valence-corrected chi connectivity index (χ2v) is 9.47. The van der Waals surface area contributed by atoms with Crippen molar-refractivity contribution in [2.24, 2.45) is 18.7 Å². The topological polar surface area (TPSA) is 141 Å². The molecule has 0 saturated heterocycles. The normalized spacial score (nSPS) is 19.4. The Morgan fingerprint density at radius 2 is 1.78 bits per heavy atom. The van der Waals surface area contributed by atoms with Crippen LogP contribution in [-0.4, -0.2) is 46.4 Å². The number of aryl methyl sites for hydroxylation is 1. The minimum Gasteiger partial charge on any atom is -0.477 e. The maximum absolute atomic E-state index is 13.4. The van der Waals surface area contributed by atoms with Crippen molar-refractivity contribution in [3.8, 4) is 0 Å². The first-order valence-corrected chi connectivity index (χ1v) is 12.3. The fraction of sp³-hybridized carbons (Fsp3) is 0.357. The molecule has 2 amide bonds. The number of nitrogens with one attached hydrogen (secondary N) is 1. The predicted molar refractivity (Wildman–Crippen MR) is 137 cm³/mol. The Labute approximate surface area is 214 Å². The first kappa shape index (κ1) is 26.1. The van der Waals surface area contributed by atoms with Crippen molar-refractivity contribution < 1.29 is 29.0 Å². The number of nitrogens with two attached hydrogens (primary N) is 1. The van der Waals surface area contributed by atoms with Crippen LogP contribution in [0.3, 0.4) is 0 Å². The average molecular weight is 506 g/mol. The van der Waals surface area contributed by atoms with Crippen LogP contribution in [0, 0.1) is 5.92 Å². The molecule has 9 nitrogen and oxygen atoms in total. The van der Waals surface area contributed by atoms with E-state index in [1.54, 1.807) is 31.3 Å². The van der Waals surface area contributed by atoms with Crippen LogP contribution in [0.15, 0.2) is 54.6 Å². The highest BCUT2D eigenvalue weighted by molar-refractivity contribution is 6.06. The molecule has 9 heteroatoms. The van der Waals surface area contributed by atoms with Gasteiger partial charge in [0.1, 0.15) is 12.3 Å². The van der Waals surface area contributed by atoms with Gasteiger partial charge in [-0.3, -0.25) is 14.4 Å². The number of carboxylic acid groups (broad SMARTS) is 1. The third-order valence-electron chi connectivity index (χ3n) is 7.25. The van der Waals surface area contributed by atoms with E-state index < -0.39 is 29.1 Å². The van der Waals surface area contributed by atoms with Crippen LogP contribution in [0.1, 0.15) is 47.3 Å². The third-order valence-corrected chi connectivity index (χ3v) is 7.25. The molecule has 0 aliphatic heterocycles. The number of fused-ring (bicyclic) bond motifs is 1.